The van der Waals surface area contributed by atoms with Gasteiger partial charge in [0.05, 0.1) is 23.3 Å². The number of rotatable bonds is 2. The second-order valence-corrected chi connectivity index (χ2v) is 5.38. The lowest BCUT2D eigenvalue weighted by Crippen LogP contribution is -2.27. The molecule has 1 saturated heterocycles. The number of methoxy groups -OCH3 is 1. The van der Waals surface area contributed by atoms with Gasteiger partial charge in [-0.3, -0.25) is 9.69 Å². The van der Waals surface area contributed by atoms with Gasteiger partial charge >= 0.3 is 5.97 Å². The molecule has 4 nitrogen and oxygen atoms in total. The van der Waals surface area contributed by atoms with Crippen LogP contribution in [0.5, 0.6) is 0 Å². The summed E-state index contributed by atoms with van der Waals surface area (Å²) in [5, 5.41) is 0. The highest BCUT2D eigenvalue weighted by atomic mass is 32.2. The van der Waals surface area contributed by atoms with Crippen LogP contribution in [0.25, 0.3) is 0 Å². The molecular weight excluding hydrogens is 282 g/mol. The molecular formula is C13H11NO3S2. The molecule has 0 spiro atoms. The molecule has 0 atom stereocenters. The Bertz CT molecular complexity index is 578. The molecule has 1 aromatic carbocycles. The van der Waals surface area contributed by atoms with Crippen molar-refractivity contribution in [3.63, 3.8) is 0 Å². The number of nitrogens with zero attached hydrogens (tertiary/aromatic N) is 1. The normalized spacial score (nSPS) is 17.2. The molecule has 1 aliphatic heterocycles. The van der Waals surface area contributed by atoms with Crippen LogP contribution in [0.1, 0.15) is 17.3 Å². The number of thioether (sulfide) groups is 1. The fourth-order valence-corrected chi connectivity index (χ4v) is 2.87. The third-order valence-corrected chi connectivity index (χ3v) is 4.02. The Kier molecular flexibility index (Phi) is 4.01. The Hall–Kier alpha value is -1.66. The van der Waals surface area contributed by atoms with Crippen LogP contribution in [0, 0.1) is 0 Å². The largest absolute Gasteiger partial charge is 0.465 e. The number of hydrogen-bond acceptors (Lipinski definition) is 5. The Morgan fingerprint density at radius 3 is 2.47 bits per heavy atom. The Morgan fingerprint density at radius 2 is 2.00 bits per heavy atom. The van der Waals surface area contributed by atoms with Crippen LogP contribution in [0.2, 0.25) is 0 Å². The molecule has 1 amide bonds. The first-order valence-electron chi connectivity index (χ1n) is 5.49. The summed E-state index contributed by atoms with van der Waals surface area (Å²) >= 11 is 6.45. The molecule has 0 saturated carbocycles. The van der Waals surface area contributed by atoms with Crippen LogP contribution in [0.3, 0.4) is 0 Å². The van der Waals surface area contributed by atoms with E-state index in [4.69, 9.17) is 12.2 Å². The highest BCUT2D eigenvalue weighted by molar-refractivity contribution is 8.27. The summed E-state index contributed by atoms with van der Waals surface area (Å²) in [4.78, 5) is 25.5. The Morgan fingerprint density at radius 1 is 1.37 bits per heavy atom. The molecule has 0 N–H and O–H groups in total. The summed E-state index contributed by atoms with van der Waals surface area (Å²) in [6.07, 6.45) is 1.74. The summed E-state index contributed by atoms with van der Waals surface area (Å²) in [6.45, 7) is 1.80. The second kappa shape index (κ2) is 5.54. The highest BCUT2D eigenvalue weighted by Crippen LogP contribution is 2.34. The molecule has 0 radical (unpaired) electrons. The van der Waals surface area contributed by atoms with Crippen LogP contribution >= 0.6 is 24.0 Å². The van der Waals surface area contributed by atoms with Gasteiger partial charge in [0.25, 0.3) is 5.91 Å². The van der Waals surface area contributed by atoms with Crippen molar-refractivity contribution in [2.24, 2.45) is 0 Å². The Balaban J connectivity index is 2.31. The van der Waals surface area contributed by atoms with Crippen molar-refractivity contribution < 1.29 is 14.3 Å². The number of carbonyl (C=O) groups excluding carboxylic acids is 2. The average Bonchev–Trinajstić information content (AvgIpc) is 2.72. The fraction of sp³-hybridized carbons (Fsp3) is 0.154. The van der Waals surface area contributed by atoms with Crippen LogP contribution < -0.4 is 4.90 Å². The minimum Gasteiger partial charge on any atom is -0.465 e. The zero-order valence-corrected chi connectivity index (χ0v) is 12.0. The van der Waals surface area contributed by atoms with Crippen molar-refractivity contribution in [2.45, 2.75) is 6.92 Å². The number of anilines is 1. The Labute approximate surface area is 120 Å². The lowest BCUT2D eigenvalue weighted by atomic mass is 10.2. The minimum atomic E-state index is -0.412. The lowest BCUT2D eigenvalue weighted by Gasteiger charge is -2.14. The monoisotopic (exact) mass is 293 g/mol. The maximum atomic E-state index is 12.1. The van der Waals surface area contributed by atoms with E-state index in [9.17, 15) is 9.59 Å². The van der Waals surface area contributed by atoms with Crippen LogP contribution in [0.15, 0.2) is 35.2 Å². The molecule has 1 aromatic rings. The number of ether oxygens (including phenoxy) is 1. The van der Waals surface area contributed by atoms with E-state index in [1.165, 1.54) is 23.8 Å². The first-order valence-corrected chi connectivity index (χ1v) is 6.72. The summed E-state index contributed by atoms with van der Waals surface area (Å²) in [5.41, 5.74) is 1.08. The number of thiocarbonyl (C=S) groups is 1. The average molecular weight is 293 g/mol. The quantitative estimate of drug-likeness (QED) is 0.477. The maximum Gasteiger partial charge on any atom is 0.337 e. The first kappa shape index (κ1) is 13.8. The molecule has 0 bridgehead atoms. The van der Waals surface area contributed by atoms with Crippen molar-refractivity contribution in [2.75, 3.05) is 12.0 Å². The number of amides is 1. The molecule has 98 valence electrons. The molecule has 0 aliphatic carbocycles. The van der Waals surface area contributed by atoms with Gasteiger partial charge < -0.3 is 4.74 Å². The number of hydrogen-bond donors (Lipinski definition) is 0. The molecule has 1 heterocycles. The van der Waals surface area contributed by atoms with Gasteiger partial charge in [0.1, 0.15) is 0 Å². The maximum absolute atomic E-state index is 12.1. The molecule has 6 heteroatoms. The fourth-order valence-electron chi connectivity index (χ4n) is 1.65. The van der Waals surface area contributed by atoms with Gasteiger partial charge in [0.2, 0.25) is 0 Å². The summed E-state index contributed by atoms with van der Waals surface area (Å²) in [6, 6.07) is 6.57. The predicted octanol–water partition coefficient (Wildman–Crippen LogP) is 2.74. The van der Waals surface area contributed by atoms with Crippen molar-refractivity contribution in [3.05, 3.63) is 40.8 Å². The van der Waals surface area contributed by atoms with Gasteiger partial charge in [-0.15, -0.1) is 0 Å². The minimum absolute atomic E-state index is 0.136. The van der Waals surface area contributed by atoms with Crippen LogP contribution in [0.4, 0.5) is 5.69 Å². The molecule has 0 aromatic heterocycles. The number of allylic oxidation sites excluding steroid dienone is 1. The summed E-state index contributed by atoms with van der Waals surface area (Å²) in [7, 11) is 1.32. The van der Waals surface area contributed by atoms with Gasteiger partial charge in [-0.1, -0.05) is 30.1 Å². The highest BCUT2D eigenvalue weighted by Gasteiger charge is 2.32. The van der Waals surface area contributed by atoms with E-state index in [-0.39, 0.29) is 5.91 Å². The SMILES string of the molecule is C/C=C1/SC(=S)N(c2ccc(C(=O)OC)cc2)C1=O. The van der Waals surface area contributed by atoms with E-state index in [0.717, 1.165) is 0 Å². The molecule has 1 fully saturated rings. The number of carbonyl (C=O) groups is 2. The van der Waals surface area contributed by atoms with E-state index < -0.39 is 5.97 Å². The predicted molar refractivity (Wildman–Crippen MR) is 79.2 cm³/mol. The van der Waals surface area contributed by atoms with Crippen LogP contribution in [-0.2, 0) is 9.53 Å². The molecule has 2 rings (SSSR count). The van der Waals surface area contributed by atoms with Gasteiger partial charge in [-0.2, -0.15) is 0 Å². The van der Waals surface area contributed by atoms with Gasteiger partial charge in [0.15, 0.2) is 4.32 Å². The zero-order chi connectivity index (χ0) is 14.0. The van der Waals surface area contributed by atoms with Crippen LogP contribution in [-0.4, -0.2) is 23.3 Å². The van der Waals surface area contributed by atoms with Gasteiger partial charge in [-0.05, 0) is 31.2 Å². The van der Waals surface area contributed by atoms with Gasteiger partial charge in [-0.25, -0.2) is 4.79 Å². The van der Waals surface area contributed by atoms with Crippen molar-refractivity contribution in [3.8, 4) is 0 Å². The number of benzene rings is 1. The third kappa shape index (κ3) is 2.54. The third-order valence-electron chi connectivity index (χ3n) is 2.60. The molecule has 0 unspecified atom stereocenters. The van der Waals surface area contributed by atoms with Crippen molar-refractivity contribution in [1.29, 1.82) is 0 Å². The van der Waals surface area contributed by atoms with E-state index in [1.54, 1.807) is 37.3 Å². The topological polar surface area (TPSA) is 46.6 Å². The smallest absolute Gasteiger partial charge is 0.337 e. The van der Waals surface area contributed by atoms with Crippen molar-refractivity contribution >= 4 is 45.9 Å². The second-order valence-electron chi connectivity index (χ2n) is 3.70. The first-order chi connectivity index (χ1) is 9.08. The van der Waals surface area contributed by atoms with E-state index in [1.807, 2.05) is 0 Å². The lowest BCUT2D eigenvalue weighted by molar-refractivity contribution is -0.113. The van der Waals surface area contributed by atoms with Gasteiger partial charge in [0, 0.05) is 0 Å². The van der Waals surface area contributed by atoms with E-state index >= 15 is 0 Å². The molecule has 1 aliphatic rings. The summed E-state index contributed by atoms with van der Waals surface area (Å²) < 4.78 is 5.11. The van der Waals surface area contributed by atoms with E-state index in [2.05, 4.69) is 4.74 Å². The summed E-state index contributed by atoms with van der Waals surface area (Å²) in [5.74, 6) is -0.547. The van der Waals surface area contributed by atoms with Crippen molar-refractivity contribution in [1.82, 2.24) is 0 Å². The van der Waals surface area contributed by atoms with E-state index in [0.29, 0.717) is 20.5 Å². The standard InChI is InChI=1S/C13H11NO3S2/c1-3-10-11(15)14(13(18)19-10)9-6-4-8(5-7-9)12(16)17-2/h3-7H,1-2H3/b10-3+. The zero-order valence-electron chi connectivity index (χ0n) is 10.4. The number of esters is 1. The molecule has 19 heavy (non-hydrogen) atoms.